The summed E-state index contributed by atoms with van der Waals surface area (Å²) in [4.78, 5) is 12.0. The van der Waals surface area contributed by atoms with Gasteiger partial charge in [-0.2, -0.15) is 8.42 Å². The minimum Gasteiger partial charge on any atom is -0.463 e. The van der Waals surface area contributed by atoms with Crippen molar-refractivity contribution in [1.82, 2.24) is 4.90 Å². The zero-order valence-corrected chi connectivity index (χ0v) is 12.1. The molecule has 0 fully saturated rings. The number of hydrogen-bond acceptors (Lipinski definition) is 5. The first kappa shape index (κ1) is 19.4. The third-order valence-corrected chi connectivity index (χ3v) is 2.52. The van der Waals surface area contributed by atoms with E-state index in [0.717, 1.165) is 19.0 Å². The zero-order valence-electron chi connectivity index (χ0n) is 11.3. The summed E-state index contributed by atoms with van der Waals surface area (Å²) >= 11 is 0. The first-order chi connectivity index (χ1) is 8.22. The third kappa shape index (κ3) is 20.5. The van der Waals surface area contributed by atoms with Gasteiger partial charge in [-0.3, -0.25) is 4.55 Å². The highest BCUT2D eigenvalue weighted by Crippen LogP contribution is 1.94. The van der Waals surface area contributed by atoms with Crippen LogP contribution in [0.2, 0.25) is 0 Å². The summed E-state index contributed by atoms with van der Waals surface area (Å²) in [6.07, 6.45) is 2.47. The van der Waals surface area contributed by atoms with E-state index >= 15 is 0 Å². The molecule has 0 unspecified atom stereocenters. The highest BCUT2D eigenvalue weighted by Gasteiger charge is 2.02. The van der Waals surface area contributed by atoms with Crippen LogP contribution in [0.15, 0.2) is 12.7 Å². The monoisotopic (exact) mass is 281 g/mol. The van der Waals surface area contributed by atoms with Crippen LogP contribution in [0.3, 0.4) is 0 Å². The number of carbonyl (C=O) groups is 1. The average Bonchev–Trinajstić information content (AvgIpc) is 2.24. The Morgan fingerprint density at radius 1 is 1.39 bits per heavy atom. The van der Waals surface area contributed by atoms with E-state index in [0.29, 0.717) is 13.0 Å². The van der Waals surface area contributed by atoms with Crippen molar-refractivity contribution in [3.63, 3.8) is 0 Å². The van der Waals surface area contributed by atoms with Crippen molar-refractivity contribution in [2.75, 3.05) is 33.0 Å². The molecule has 0 atom stereocenters. The quantitative estimate of drug-likeness (QED) is 0.324. The molecule has 108 valence electrons. The van der Waals surface area contributed by atoms with Crippen LogP contribution in [0, 0.1) is 0 Å². The molecule has 0 rings (SSSR count). The van der Waals surface area contributed by atoms with E-state index in [1.807, 2.05) is 19.0 Å². The van der Waals surface area contributed by atoms with Crippen molar-refractivity contribution in [1.29, 1.82) is 0 Å². The van der Waals surface area contributed by atoms with Crippen LogP contribution in [0.4, 0.5) is 0 Å². The summed E-state index contributed by atoms with van der Waals surface area (Å²) in [5.41, 5.74) is 0. The van der Waals surface area contributed by atoms with Crippen molar-refractivity contribution in [2.45, 2.75) is 19.8 Å². The molecule has 0 spiro atoms. The lowest BCUT2D eigenvalue weighted by atomic mass is 10.3. The summed E-state index contributed by atoms with van der Waals surface area (Å²) in [5.74, 6) is -0.483. The largest absolute Gasteiger partial charge is 0.463 e. The van der Waals surface area contributed by atoms with Crippen LogP contribution >= 0.6 is 0 Å². The lowest BCUT2D eigenvalue weighted by Crippen LogP contribution is -2.14. The Morgan fingerprint density at radius 2 is 1.94 bits per heavy atom. The Labute approximate surface area is 109 Å². The van der Waals surface area contributed by atoms with Gasteiger partial charge in [0.05, 0.1) is 12.4 Å². The fourth-order valence-corrected chi connectivity index (χ4v) is 1.48. The minimum atomic E-state index is -3.74. The maximum absolute atomic E-state index is 10.2. The number of nitrogens with zero attached hydrogens (tertiary/aromatic N) is 1. The molecule has 6 nitrogen and oxygen atoms in total. The minimum absolute atomic E-state index is 0.124. The van der Waals surface area contributed by atoms with Crippen LogP contribution in [-0.4, -0.2) is 56.8 Å². The SMILES string of the molecule is C=CC(=O)OCC.CN(C)CCCCS(=O)(=O)O. The van der Waals surface area contributed by atoms with Crippen LogP contribution in [0.25, 0.3) is 0 Å². The molecule has 0 aliphatic rings. The molecule has 0 aromatic heterocycles. The van der Waals surface area contributed by atoms with Gasteiger partial charge in [0.25, 0.3) is 10.1 Å². The molecule has 0 amide bonds. The molecule has 18 heavy (non-hydrogen) atoms. The second kappa shape index (κ2) is 11.2. The van der Waals surface area contributed by atoms with Crippen molar-refractivity contribution in [3.8, 4) is 0 Å². The molecule has 0 aromatic carbocycles. The summed E-state index contributed by atoms with van der Waals surface area (Å²) in [7, 11) is 0.108. The average molecular weight is 281 g/mol. The molecule has 0 radical (unpaired) electrons. The van der Waals surface area contributed by atoms with Gasteiger partial charge < -0.3 is 9.64 Å². The number of rotatable bonds is 7. The van der Waals surface area contributed by atoms with E-state index in [2.05, 4.69) is 11.3 Å². The van der Waals surface area contributed by atoms with Gasteiger partial charge in [-0.05, 0) is 40.4 Å². The Morgan fingerprint density at radius 3 is 2.22 bits per heavy atom. The number of ether oxygens (including phenoxy) is 1. The zero-order chi connectivity index (χ0) is 14.6. The maximum Gasteiger partial charge on any atom is 0.330 e. The normalized spacial score (nSPS) is 10.5. The van der Waals surface area contributed by atoms with E-state index in [-0.39, 0.29) is 11.7 Å². The van der Waals surface area contributed by atoms with Gasteiger partial charge in [-0.1, -0.05) is 6.58 Å². The summed E-state index contributed by atoms with van der Waals surface area (Å²) in [5, 5.41) is 0. The summed E-state index contributed by atoms with van der Waals surface area (Å²) in [6.45, 7) is 6.23. The Hall–Kier alpha value is -0.920. The van der Waals surface area contributed by atoms with Gasteiger partial charge in [-0.25, -0.2) is 4.79 Å². The number of carbonyl (C=O) groups excluding carboxylic acids is 1. The Balaban J connectivity index is 0. The second-order valence-electron chi connectivity index (χ2n) is 3.75. The highest BCUT2D eigenvalue weighted by atomic mass is 32.2. The molecule has 7 heteroatoms. The first-order valence-electron chi connectivity index (χ1n) is 5.62. The molecule has 0 heterocycles. The molecular formula is C11H23NO5S. The van der Waals surface area contributed by atoms with Crippen molar-refractivity contribution >= 4 is 16.1 Å². The van der Waals surface area contributed by atoms with Crippen molar-refractivity contribution < 1.29 is 22.5 Å². The van der Waals surface area contributed by atoms with Crippen LogP contribution in [-0.2, 0) is 19.6 Å². The molecule has 0 aromatic rings. The molecule has 0 aliphatic heterocycles. The number of hydrogen-bond donors (Lipinski definition) is 1. The van der Waals surface area contributed by atoms with Gasteiger partial charge in [0, 0.05) is 6.08 Å². The molecular weight excluding hydrogens is 258 g/mol. The van der Waals surface area contributed by atoms with Gasteiger partial charge >= 0.3 is 5.97 Å². The van der Waals surface area contributed by atoms with Crippen LogP contribution < -0.4 is 0 Å². The maximum atomic E-state index is 10.2. The topological polar surface area (TPSA) is 83.9 Å². The molecule has 0 bridgehead atoms. The third-order valence-electron chi connectivity index (χ3n) is 1.71. The van der Waals surface area contributed by atoms with Gasteiger partial charge in [0.2, 0.25) is 0 Å². The van der Waals surface area contributed by atoms with E-state index in [1.54, 1.807) is 6.92 Å². The van der Waals surface area contributed by atoms with Crippen LogP contribution in [0.5, 0.6) is 0 Å². The number of unbranched alkanes of at least 4 members (excludes halogenated alkanes) is 1. The molecule has 0 saturated carbocycles. The second-order valence-corrected chi connectivity index (χ2v) is 5.32. The van der Waals surface area contributed by atoms with Crippen molar-refractivity contribution in [2.24, 2.45) is 0 Å². The Bertz CT molecular complexity index is 324. The smallest absolute Gasteiger partial charge is 0.330 e. The summed E-state index contributed by atoms with van der Waals surface area (Å²) in [6, 6.07) is 0. The lowest BCUT2D eigenvalue weighted by Gasteiger charge is -2.07. The fourth-order valence-electron chi connectivity index (χ4n) is 0.914. The highest BCUT2D eigenvalue weighted by molar-refractivity contribution is 7.85. The molecule has 0 saturated heterocycles. The van der Waals surface area contributed by atoms with E-state index in [1.165, 1.54) is 0 Å². The van der Waals surface area contributed by atoms with Crippen molar-refractivity contribution in [3.05, 3.63) is 12.7 Å². The van der Waals surface area contributed by atoms with Gasteiger partial charge in [0.15, 0.2) is 0 Å². The van der Waals surface area contributed by atoms with Gasteiger partial charge in [0.1, 0.15) is 0 Å². The lowest BCUT2D eigenvalue weighted by molar-refractivity contribution is -0.137. The predicted molar refractivity (Wildman–Crippen MR) is 71.0 cm³/mol. The van der Waals surface area contributed by atoms with E-state index < -0.39 is 10.1 Å². The standard InChI is InChI=1S/C6H15NO3S.C5H8O2/c1-7(2)5-3-4-6-11(8,9)10;1-3-5(6)7-4-2/h3-6H2,1-2H3,(H,8,9,10);3H,1,4H2,2H3. The molecule has 1 N–H and O–H groups in total. The number of esters is 1. The fraction of sp³-hybridized carbons (Fsp3) is 0.727. The van der Waals surface area contributed by atoms with E-state index in [4.69, 9.17) is 4.55 Å². The first-order valence-corrected chi connectivity index (χ1v) is 7.23. The molecule has 0 aliphatic carbocycles. The summed E-state index contributed by atoms with van der Waals surface area (Å²) < 4.78 is 33.2. The Kier molecular flexibility index (Phi) is 12.1. The van der Waals surface area contributed by atoms with E-state index in [9.17, 15) is 13.2 Å². The predicted octanol–water partition coefficient (Wildman–Crippen LogP) is 0.952. The van der Waals surface area contributed by atoms with Crippen LogP contribution in [0.1, 0.15) is 19.8 Å². The van der Waals surface area contributed by atoms with Gasteiger partial charge in [-0.15, -0.1) is 0 Å².